The molecule has 0 aromatic carbocycles. The first kappa shape index (κ1) is 28.2. The second-order valence-corrected chi connectivity index (χ2v) is 10.0. The summed E-state index contributed by atoms with van der Waals surface area (Å²) < 4.78 is 10.3. The lowest BCUT2D eigenvalue weighted by molar-refractivity contribution is -0.143. The number of piperidine rings is 2. The van der Waals surface area contributed by atoms with Gasteiger partial charge in [-0.05, 0) is 65.4 Å². The topological polar surface area (TPSA) is 105 Å². The molecule has 0 aromatic heterocycles. The molecule has 0 aromatic rings. The van der Waals surface area contributed by atoms with Gasteiger partial charge in [-0.2, -0.15) is 0 Å². The predicted octanol–water partition coefficient (Wildman–Crippen LogP) is 2.50. The number of carbonyl (C=O) groups excluding carboxylic acids is 4. The first-order valence-electron chi connectivity index (χ1n) is 12.4. The van der Waals surface area contributed by atoms with E-state index in [1.165, 1.54) is 0 Å². The van der Waals surface area contributed by atoms with E-state index in [1.807, 2.05) is 26.8 Å². The van der Waals surface area contributed by atoms with Crippen molar-refractivity contribution in [3.8, 4) is 12.3 Å². The molecule has 35 heavy (non-hydrogen) atoms. The standard InChI is InChI=1S/C26H39N3O6/c1-6-21(18-23(31)34-7-2)27-24(32)20-12-16-28(17-13-20)22(30)9-8-19-10-14-29(15-11-19)25(33)35-26(3,4)5/h1,8-9,19-21H,7,10-18H2,2-5H3,(H,27,32)/b9-8+. The second kappa shape index (κ2) is 13.2. The van der Waals surface area contributed by atoms with Crippen LogP contribution in [0.3, 0.4) is 0 Å². The molecule has 194 valence electrons. The molecule has 2 saturated heterocycles. The van der Waals surface area contributed by atoms with Gasteiger partial charge in [0, 0.05) is 32.1 Å². The summed E-state index contributed by atoms with van der Waals surface area (Å²) in [6.07, 6.45) is 11.3. The van der Waals surface area contributed by atoms with Crippen LogP contribution in [0.2, 0.25) is 0 Å². The highest BCUT2D eigenvalue weighted by Crippen LogP contribution is 2.22. The number of likely N-dealkylation sites (tertiary alicyclic amines) is 2. The van der Waals surface area contributed by atoms with E-state index in [0.29, 0.717) is 39.0 Å². The summed E-state index contributed by atoms with van der Waals surface area (Å²) >= 11 is 0. The van der Waals surface area contributed by atoms with Crippen LogP contribution in [0.5, 0.6) is 0 Å². The van der Waals surface area contributed by atoms with Crippen LogP contribution in [-0.4, -0.2) is 78.1 Å². The number of esters is 1. The zero-order valence-corrected chi connectivity index (χ0v) is 21.4. The van der Waals surface area contributed by atoms with Crippen molar-refractivity contribution in [2.45, 2.75) is 71.4 Å². The minimum Gasteiger partial charge on any atom is -0.466 e. The Hall–Kier alpha value is -3.02. The first-order valence-corrected chi connectivity index (χ1v) is 12.4. The number of nitrogens with one attached hydrogen (secondary N) is 1. The summed E-state index contributed by atoms with van der Waals surface area (Å²) in [5, 5.41) is 2.73. The summed E-state index contributed by atoms with van der Waals surface area (Å²) in [6, 6.07) is -0.703. The van der Waals surface area contributed by atoms with E-state index in [-0.39, 0.29) is 42.8 Å². The van der Waals surface area contributed by atoms with E-state index in [9.17, 15) is 19.2 Å². The molecule has 1 N–H and O–H groups in total. The number of rotatable bonds is 7. The van der Waals surface area contributed by atoms with Crippen LogP contribution >= 0.6 is 0 Å². The molecule has 0 spiro atoms. The Morgan fingerprint density at radius 2 is 1.66 bits per heavy atom. The quantitative estimate of drug-likeness (QED) is 0.335. The zero-order chi connectivity index (χ0) is 26.0. The third kappa shape index (κ3) is 9.63. The van der Waals surface area contributed by atoms with Crippen molar-refractivity contribution in [1.29, 1.82) is 0 Å². The Bertz CT molecular complexity index is 825. The lowest BCUT2D eigenvalue weighted by Crippen LogP contribution is -2.45. The van der Waals surface area contributed by atoms with Gasteiger partial charge in [-0.3, -0.25) is 14.4 Å². The molecule has 9 heteroatoms. The Labute approximate surface area is 208 Å². The molecule has 3 amide bonds. The molecule has 1 atom stereocenters. The van der Waals surface area contributed by atoms with E-state index in [4.69, 9.17) is 15.9 Å². The molecule has 2 aliphatic heterocycles. The normalized spacial score (nSPS) is 18.6. The summed E-state index contributed by atoms with van der Waals surface area (Å²) in [4.78, 5) is 52.4. The zero-order valence-electron chi connectivity index (χ0n) is 21.4. The van der Waals surface area contributed by atoms with Crippen molar-refractivity contribution in [1.82, 2.24) is 15.1 Å². The van der Waals surface area contributed by atoms with Gasteiger partial charge in [0.2, 0.25) is 11.8 Å². The van der Waals surface area contributed by atoms with Crippen LogP contribution in [0.25, 0.3) is 0 Å². The van der Waals surface area contributed by atoms with Gasteiger partial charge in [0.25, 0.3) is 0 Å². The molecule has 0 saturated carbocycles. The van der Waals surface area contributed by atoms with Crippen molar-refractivity contribution in [3.63, 3.8) is 0 Å². The van der Waals surface area contributed by atoms with Crippen molar-refractivity contribution < 1.29 is 28.7 Å². The molecule has 2 heterocycles. The molecule has 0 aliphatic carbocycles. The SMILES string of the molecule is C#CC(CC(=O)OCC)NC(=O)C1CCN(C(=O)/C=C/C2CCN(C(=O)OC(C)(C)C)CC2)CC1. The number of hydrogen-bond acceptors (Lipinski definition) is 6. The highest BCUT2D eigenvalue weighted by atomic mass is 16.6. The van der Waals surface area contributed by atoms with Crippen LogP contribution in [0.4, 0.5) is 4.79 Å². The Morgan fingerprint density at radius 3 is 2.20 bits per heavy atom. The highest BCUT2D eigenvalue weighted by Gasteiger charge is 2.29. The number of nitrogens with zero attached hydrogens (tertiary/aromatic N) is 2. The van der Waals surface area contributed by atoms with Crippen LogP contribution in [-0.2, 0) is 23.9 Å². The molecular formula is C26H39N3O6. The highest BCUT2D eigenvalue weighted by molar-refractivity contribution is 5.88. The largest absolute Gasteiger partial charge is 0.466 e. The second-order valence-electron chi connectivity index (χ2n) is 10.0. The van der Waals surface area contributed by atoms with Crippen LogP contribution in [0.1, 0.15) is 59.8 Å². The van der Waals surface area contributed by atoms with Gasteiger partial charge in [-0.15, -0.1) is 6.42 Å². The van der Waals surface area contributed by atoms with E-state index >= 15 is 0 Å². The number of ether oxygens (including phenoxy) is 2. The summed E-state index contributed by atoms with van der Waals surface area (Å²) in [5.41, 5.74) is -0.514. The smallest absolute Gasteiger partial charge is 0.410 e. The maximum atomic E-state index is 12.6. The maximum absolute atomic E-state index is 12.6. The van der Waals surface area contributed by atoms with Crippen molar-refractivity contribution in [2.75, 3.05) is 32.8 Å². The number of terminal acetylenes is 1. The lowest BCUT2D eigenvalue weighted by Gasteiger charge is -2.33. The minimum absolute atomic E-state index is 0.0606. The Kier molecular flexibility index (Phi) is 10.6. The van der Waals surface area contributed by atoms with Crippen LogP contribution < -0.4 is 5.32 Å². The fraction of sp³-hybridized carbons (Fsp3) is 0.692. The molecule has 2 fully saturated rings. The third-order valence-corrected chi connectivity index (χ3v) is 6.07. The molecule has 2 rings (SSSR count). The number of hydrogen-bond donors (Lipinski definition) is 1. The molecule has 1 unspecified atom stereocenters. The van der Waals surface area contributed by atoms with Crippen LogP contribution in [0.15, 0.2) is 12.2 Å². The van der Waals surface area contributed by atoms with E-state index in [2.05, 4.69) is 11.2 Å². The molecule has 0 radical (unpaired) electrons. The monoisotopic (exact) mass is 489 g/mol. The van der Waals surface area contributed by atoms with Gasteiger partial charge < -0.3 is 24.6 Å². The van der Waals surface area contributed by atoms with Crippen molar-refractivity contribution >= 4 is 23.9 Å². The molecule has 0 bridgehead atoms. The number of amides is 3. The average molecular weight is 490 g/mol. The first-order chi connectivity index (χ1) is 16.5. The van der Waals surface area contributed by atoms with Gasteiger partial charge in [0.05, 0.1) is 13.0 Å². The number of carbonyl (C=O) groups is 4. The maximum Gasteiger partial charge on any atom is 0.410 e. The van der Waals surface area contributed by atoms with E-state index < -0.39 is 17.6 Å². The molecular weight excluding hydrogens is 450 g/mol. The van der Waals surface area contributed by atoms with Gasteiger partial charge >= 0.3 is 12.1 Å². The lowest BCUT2D eigenvalue weighted by atomic mass is 9.94. The van der Waals surface area contributed by atoms with Gasteiger partial charge in [-0.1, -0.05) is 12.0 Å². The summed E-state index contributed by atoms with van der Waals surface area (Å²) in [5.74, 6) is 1.69. The fourth-order valence-electron chi connectivity index (χ4n) is 4.11. The van der Waals surface area contributed by atoms with Crippen molar-refractivity contribution in [2.24, 2.45) is 11.8 Å². The van der Waals surface area contributed by atoms with E-state index in [1.54, 1.807) is 22.8 Å². The summed E-state index contributed by atoms with van der Waals surface area (Å²) in [7, 11) is 0. The minimum atomic E-state index is -0.703. The van der Waals surface area contributed by atoms with Gasteiger partial charge in [0.1, 0.15) is 11.6 Å². The van der Waals surface area contributed by atoms with Crippen LogP contribution in [0, 0.1) is 24.2 Å². The molecule has 2 aliphatic rings. The predicted molar refractivity (Wildman–Crippen MR) is 131 cm³/mol. The number of allylic oxidation sites excluding steroid dienone is 1. The fourth-order valence-corrected chi connectivity index (χ4v) is 4.11. The van der Waals surface area contributed by atoms with E-state index in [0.717, 1.165) is 12.8 Å². The Balaban J connectivity index is 1.73. The Morgan fingerprint density at radius 1 is 1.06 bits per heavy atom. The van der Waals surface area contributed by atoms with Gasteiger partial charge in [0.15, 0.2) is 0 Å². The average Bonchev–Trinajstić information content (AvgIpc) is 2.81. The van der Waals surface area contributed by atoms with Crippen molar-refractivity contribution in [3.05, 3.63) is 12.2 Å². The van der Waals surface area contributed by atoms with Gasteiger partial charge in [-0.25, -0.2) is 4.79 Å². The third-order valence-electron chi connectivity index (χ3n) is 6.07. The summed E-state index contributed by atoms with van der Waals surface area (Å²) in [6.45, 7) is 9.69. The molecule has 9 nitrogen and oxygen atoms in total.